The van der Waals surface area contributed by atoms with Gasteiger partial charge in [0, 0.05) is 26.6 Å². The lowest BCUT2D eigenvalue weighted by Gasteiger charge is -2.12. The number of aryl methyl sites for hydroxylation is 2. The molecule has 0 atom stereocenters. The maximum atomic E-state index is 5.04. The number of nitrogens with one attached hydrogen (secondary N) is 2. The van der Waals surface area contributed by atoms with E-state index in [1.165, 1.54) is 0 Å². The third kappa shape index (κ3) is 5.65. The van der Waals surface area contributed by atoms with E-state index in [4.69, 9.17) is 4.52 Å². The summed E-state index contributed by atoms with van der Waals surface area (Å²) in [5.41, 5.74) is 0. The fraction of sp³-hybridized carbons (Fsp3) is 0.750. The molecule has 0 aromatic carbocycles. The average molecular weight is 253 g/mol. The van der Waals surface area contributed by atoms with Crippen LogP contribution in [0.2, 0.25) is 0 Å². The van der Waals surface area contributed by atoms with Crippen molar-refractivity contribution in [3.63, 3.8) is 0 Å². The minimum absolute atomic E-state index is 0.602. The summed E-state index contributed by atoms with van der Waals surface area (Å²) in [5, 5.41) is 10.3. The van der Waals surface area contributed by atoms with E-state index in [2.05, 4.69) is 39.6 Å². The number of guanidine groups is 1. The number of aliphatic imine (C=N–C) groups is 1. The number of rotatable bonds is 6. The largest absolute Gasteiger partial charge is 0.356 e. The van der Waals surface area contributed by atoms with Crippen molar-refractivity contribution in [2.45, 2.75) is 33.6 Å². The molecule has 102 valence electrons. The SMILES string of the molecule is CN=C(NCCCc1nc(C)no1)NCC(C)C. The molecule has 0 aliphatic carbocycles. The van der Waals surface area contributed by atoms with Gasteiger partial charge in [0.2, 0.25) is 5.89 Å². The highest BCUT2D eigenvalue weighted by Crippen LogP contribution is 1.98. The Balaban J connectivity index is 2.16. The highest BCUT2D eigenvalue weighted by Gasteiger charge is 2.03. The van der Waals surface area contributed by atoms with Gasteiger partial charge in [0.15, 0.2) is 11.8 Å². The van der Waals surface area contributed by atoms with Crippen LogP contribution in [0.4, 0.5) is 0 Å². The van der Waals surface area contributed by atoms with Gasteiger partial charge in [-0.25, -0.2) is 0 Å². The number of hydrogen-bond donors (Lipinski definition) is 2. The van der Waals surface area contributed by atoms with Crippen molar-refractivity contribution >= 4 is 5.96 Å². The molecule has 6 nitrogen and oxygen atoms in total. The molecule has 0 spiro atoms. The zero-order chi connectivity index (χ0) is 13.4. The highest BCUT2D eigenvalue weighted by molar-refractivity contribution is 5.79. The van der Waals surface area contributed by atoms with E-state index in [-0.39, 0.29) is 0 Å². The summed E-state index contributed by atoms with van der Waals surface area (Å²) < 4.78 is 5.04. The Labute approximate surface area is 108 Å². The first-order chi connectivity index (χ1) is 8.61. The first-order valence-corrected chi connectivity index (χ1v) is 6.35. The van der Waals surface area contributed by atoms with Crippen LogP contribution in [0.15, 0.2) is 9.52 Å². The first-order valence-electron chi connectivity index (χ1n) is 6.35. The van der Waals surface area contributed by atoms with Crippen molar-refractivity contribution in [1.82, 2.24) is 20.8 Å². The van der Waals surface area contributed by atoms with Crippen LogP contribution < -0.4 is 10.6 Å². The predicted molar refractivity (Wildman–Crippen MR) is 71.6 cm³/mol. The molecule has 2 N–H and O–H groups in total. The van der Waals surface area contributed by atoms with E-state index in [1.54, 1.807) is 7.05 Å². The predicted octanol–water partition coefficient (Wildman–Crippen LogP) is 1.13. The summed E-state index contributed by atoms with van der Waals surface area (Å²) in [4.78, 5) is 8.31. The molecule has 0 aliphatic rings. The zero-order valence-electron chi connectivity index (χ0n) is 11.7. The summed E-state index contributed by atoms with van der Waals surface area (Å²) in [6.07, 6.45) is 1.72. The Morgan fingerprint density at radius 2 is 2.17 bits per heavy atom. The van der Waals surface area contributed by atoms with Gasteiger partial charge in [0.05, 0.1) is 0 Å². The maximum Gasteiger partial charge on any atom is 0.226 e. The van der Waals surface area contributed by atoms with Gasteiger partial charge in [-0.15, -0.1) is 0 Å². The van der Waals surface area contributed by atoms with Crippen LogP contribution >= 0.6 is 0 Å². The van der Waals surface area contributed by atoms with E-state index in [9.17, 15) is 0 Å². The summed E-state index contributed by atoms with van der Waals surface area (Å²) in [6.45, 7) is 7.90. The second-order valence-corrected chi connectivity index (χ2v) is 4.61. The van der Waals surface area contributed by atoms with Crippen LogP contribution in [0.25, 0.3) is 0 Å². The zero-order valence-corrected chi connectivity index (χ0v) is 11.7. The molecule has 1 heterocycles. The van der Waals surface area contributed by atoms with Crippen molar-refractivity contribution in [2.75, 3.05) is 20.1 Å². The lowest BCUT2D eigenvalue weighted by Crippen LogP contribution is -2.39. The summed E-state index contributed by atoms with van der Waals surface area (Å²) in [7, 11) is 1.77. The van der Waals surface area contributed by atoms with Crippen LogP contribution in [0.3, 0.4) is 0 Å². The van der Waals surface area contributed by atoms with Gasteiger partial charge in [0.25, 0.3) is 0 Å². The average Bonchev–Trinajstić information content (AvgIpc) is 2.74. The molecule has 0 fully saturated rings. The standard InChI is InChI=1S/C12H23N5O/c1-9(2)8-15-12(13-4)14-7-5-6-11-16-10(3)17-18-11/h9H,5-8H2,1-4H3,(H2,13,14,15). The van der Waals surface area contributed by atoms with Crippen LogP contribution in [0, 0.1) is 12.8 Å². The van der Waals surface area contributed by atoms with E-state index in [1.807, 2.05) is 6.92 Å². The molecule has 1 aromatic rings. The summed E-state index contributed by atoms with van der Waals surface area (Å²) in [6, 6.07) is 0. The fourth-order valence-electron chi connectivity index (χ4n) is 1.41. The molecule has 0 radical (unpaired) electrons. The Kier molecular flexibility index (Phi) is 6.18. The van der Waals surface area contributed by atoms with Gasteiger partial charge in [-0.1, -0.05) is 19.0 Å². The Morgan fingerprint density at radius 3 is 2.72 bits per heavy atom. The lowest BCUT2D eigenvalue weighted by atomic mass is 10.2. The topological polar surface area (TPSA) is 75.3 Å². The van der Waals surface area contributed by atoms with Gasteiger partial charge < -0.3 is 15.2 Å². The van der Waals surface area contributed by atoms with E-state index in [0.29, 0.717) is 17.6 Å². The molecule has 1 aromatic heterocycles. The van der Waals surface area contributed by atoms with Gasteiger partial charge in [0.1, 0.15) is 0 Å². The van der Waals surface area contributed by atoms with E-state index < -0.39 is 0 Å². The minimum Gasteiger partial charge on any atom is -0.356 e. The normalized spacial score (nSPS) is 11.9. The Hall–Kier alpha value is -1.59. The molecule has 0 amide bonds. The van der Waals surface area contributed by atoms with Gasteiger partial charge in [-0.05, 0) is 19.3 Å². The molecule has 0 aliphatic heterocycles. The van der Waals surface area contributed by atoms with Gasteiger partial charge >= 0.3 is 0 Å². The molecule has 0 bridgehead atoms. The summed E-state index contributed by atoms with van der Waals surface area (Å²) >= 11 is 0. The Bertz CT molecular complexity index is 372. The smallest absolute Gasteiger partial charge is 0.226 e. The molecule has 18 heavy (non-hydrogen) atoms. The molecule has 6 heteroatoms. The number of hydrogen-bond acceptors (Lipinski definition) is 4. The van der Waals surface area contributed by atoms with E-state index in [0.717, 1.165) is 31.9 Å². The van der Waals surface area contributed by atoms with Crippen LogP contribution in [0.1, 0.15) is 32.0 Å². The molecule has 0 saturated heterocycles. The number of nitrogens with zero attached hydrogens (tertiary/aromatic N) is 3. The summed E-state index contributed by atoms with van der Waals surface area (Å²) in [5.74, 6) is 2.82. The number of aromatic nitrogens is 2. The third-order valence-electron chi connectivity index (χ3n) is 2.33. The Morgan fingerprint density at radius 1 is 1.39 bits per heavy atom. The molecule has 1 rings (SSSR count). The van der Waals surface area contributed by atoms with Gasteiger partial charge in [-0.2, -0.15) is 4.98 Å². The van der Waals surface area contributed by atoms with Crippen molar-refractivity contribution in [3.8, 4) is 0 Å². The van der Waals surface area contributed by atoms with Gasteiger partial charge in [-0.3, -0.25) is 4.99 Å². The minimum atomic E-state index is 0.602. The van der Waals surface area contributed by atoms with Crippen molar-refractivity contribution < 1.29 is 4.52 Å². The lowest BCUT2D eigenvalue weighted by molar-refractivity contribution is 0.372. The van der Waals surface area contributed by atoms with Crippen molar-refractivity contribution in [1.29, 1.82) is 0 Å². The maximum absolute atomic E-state index is 5.04. The van der Waals surface area contributed by atoms with Crippen LogP contribution in [-0.2, 0) is 6.42 Å². The first kappa shape index (κ1) is 14.5. The molecular weight excluding hydrogens is 230 g/mol. The molecule has 0 unspecified atom stereocenters. The van der Waals surface area contributed by atoms with Crippen molar-refractivity contribution in [2.24, 2.45) is 10.9 Å². The molecular formula is C12H23N5O. The quantitative estimate of drug-likeness (QED) is 0.451. The van der Waals surface area contributed by atoms with Crippen LogP contribution in [0.5, 0.6) is 0 Å². The second-order valence-electron chi connectivity index (χ2n) is 4.61. The van der Waals surface area contributed by atoms with Crippen molar-refractivity contribution in [3.05, 3.63) is 11.7 Å². The molecule has 0 saturated carbocycles. The van der Waals surface area contributed by atoms with E-state index >= 15 is 0 Å². The van der Waals surface area contributed by atoms with Crippen LogP contribution in [-0.4, -0.2) is 36.2 Å². The third-order valence-corrected chi connectivity index (χ3v) is 2.33. The highest BCUT2D eigenvalue weighted by atomic mass is 16.5. The fourth-order valence-corrected chi connectivity index (χ4v) is 1.41. The monoisotopic (exact) mass is 253 g/mol. The second kappa shape index (κ2) is 7.68.